The summed E-state index contributed by atoms with van der Waals surface area (Å²) in [6.07, 6.45) is 0. The molecule has 0 aliphatic carbocycles. The molecule has 0 saturated heterocycles. The van der Waals surface area contributed by atoms with Crippen molar-refractivity contribution < 1.29 is 0 Å². The van der Waals surface area contributed by atoms with E-state index in [4.69, 9.17) is 11.6 Å². The first-order valence-electron chi connectivity index (χ1n) is 5.16. The molecule has 2 atom stereocenters. The predicted octanol–water partition coefficient (Wildman–Crippen LogP) is 3.89. The molecule has 76 valence electrons. The average molecular weight is 210 g/mol. The lowest BCUT2D eigenvalue weighted by molar-refractivity contribution is 0.472. The molecule has 0 saturated carbocycles. The molecule has 1 aliphatic rings. The monoisotopic (exact) mass is 209 g/mol. The largest absolute Gasteiger partial charge is 0.382 e. The average Bonchev–Trinajstić information content (AvgIpc) is 2.42. The Morgan fingerprint density at radius 3 is 2.71 bits per heavy atom. The van der Waals surface area contributed by atoms with Crippen molar-refractivity contribution in [2.75, 3.05) is 5.32 Å². The molecule has 2 rings (SSSR count). The Morgan fingerprint density at radius 1 is 1.36 bits per heavy atom. The zero-order valence-electron chi connectivity index (χ0n) is 8.84. The van der Waals surface area contributed by atoms with E-state index in [0.29, 0.717) is 17.9 Å². The number of hydrogen-bond acceptors (Lipinski definition) is 1. The van der Waals surface area contributed by atoms with Crippen molar-refractivity contribution in [1.29, 1.82) is 0 Å². The van der Waals surface area contributed by atoms with Crippen LogP contribution >= 0.6 is 11.6 Å². The molecule has 0 amide bonds. The van der Waals surface area contributed by atoms with Crippen LogP contribution in [0.15, 0.2) is 18.2 Å². The van der Waals surface area contributed by atoms with Gasteiger partial charge in [-0.05, 0) is 30.5 Å². The van der Waals surface area contributed by atoms with Crippen LogP contribution in [0.2, 0.25) is 5.02 Å². The zero-order chi connectivity index (χ0) is 10.3. The van der Waals surface area contributed by atoms with Gasteiger partial charge in [0.2, 0.25) is 0 Å². The zero-order valence-corrected chi connectivity index (χ0v) is 9.60. The summed E-state index contributed by atoms with van der Waals surface area (Å²) in [6.45, 7) is 6.73. The van der Waals surface area contributed by atoms with Gasteiger partial charge >= 0.3 is 0 Å². The predicted molar refractivity (Wildman–Crippen MR) is 62.1 cm³/mol. The number of fused-ring (bicyclic) bond motifs is 1. The van der Waals surface area contributed by atoms with Crippen molar-refractivity contribution in [3.8, 4) is 0 Å². The van der Waals surface area contributed by atoms with E-state index in [1.54, 1.807) is 0 Å². The van der Waals surface area contributed by atoms with Gasteiger partial charge in [0.1, 0.15) is 0 Å². The van der Waals surface area contributed by atoms with Gasteiger partial charge < -0.3 is 5.32 Å². The van der Waals surface area contributed by atoms with E-state index in [2.05, 4.69) is 32.2 Å². The molecule has 2 heteroatoms. The molecule has 14 heavy (non-hydrogen) atoms. The van der Waals surface area contributed by atoms with Gasteiger partial charge in [-0.3, -0.25) is 0 Å². The number of benzene rings is 1. The molecule has 1 aliphatic heterocycles. The molecule has 1 aromatic rings. The summed E-state index contributed by atoms with van der Waals surface area (Å²) < 4.78 is 0. The van der Waals surface area contributed by atoms with Crippen LogP contribution in [0, 0.1) is 5.92 Å². The fourth-order valence-electron chi connectivity index (χ4n) is 2.50. The fraction of sp³-hybridized carbons (Fsp3) is 0.500. The molecule has 1 N–H and O–H groups in total. The van der Waals surface area contributed by atoms with Crippen LogP contribution in [-0.4, -0.2) is 6.04 Å². The highest BCUT2D eigenvalue weighted by Gasteiger charge is 2.32. The van der Waals surface area contributed by atoms with Crippen molar-refractivity contribution in [3.05, 3.63) is 28.8 Å². The lowest BCUT2D eigenvalue weighted by Crippen LogP contribution is -2.20. The van der Waals surface area contributed by atoms with E-state index in [1.807, 2.05) is 12.1 Å². The van der Waals surface area contributed by atoms with Crippen molar-refractivity contribution >= 4 is 17.3 Å². The summed E-state index contributed by atoms with van der Waals surface area (Å²) in [5.41, 5.74) is 2.51. The molecule has 0 bridgehead atoms. The van der Waals surface area contributed by atoms with Crippen LogP contribution in [-0.2, 0) is 0 Å². The lowest BCUT2D eigenvalue weighted by atomic mass is 9.86. The van der Waals surface area contributed by atoms with Crippen LogP contribution in [0.3, 0.4) is 0 Å². The van der Waals surface area contributed by atoms with Gasteiger partial charge in [0.15, 0.2) is 0 Å². The van der Waals surface area contributed by atoms with E-state index in [9.17, 15) is 0 Å². The molecule has 1 heterocycles. The van der Waals surface area contributed by atoms with Gasteiger partial charge in [-0.25, -0.2) is 0 Å². The summed E-state index contributed by atoms with van der Waals surface area (Å²) in [7, 11) is 0. The van der Waals surface area contributed by atoms with Gasteiger partial charge in [0, 0.05) is 22.7 Å². The maximum absolute atomic E-state index is 6.23. The first-order chi connectivity index (χ1) is 6.61. The molecular formula is C12H16ClN. The van der Waals surface area contributed by atoms with Gasteiger partial charge in [0.25, 0.3) is 0 Å². The summed E-state index contributed by atoms with van der Waals surface area (Å²) in [6, 6.07) is 6.59. The van der Waals surface area contributed by atoms with Gasteiger partial charge in [-0.1, -0.05) is 31.5 Å². The van der Waals surface area contributed by atoms with Crippen molar-refractivity contribution in [2.45, 2.75) is 32.7 Å². The number of anilines is 1. The second-order valence-electron chi connectivity index (χ2n) is 4.40. The Morgan fingerprint density at radius 2 is 2.07 bits per heavy atom. The molecule has 0 aromatic heterocycles. The smallest absolute Gasteiger partial charge is 0.0462 e. The first kappa shape index (κ1) is 9.85. The molecule has 1 aromatic carbocycles. The molecule has 0 spiro atoms. The van der Waals surface area contributed by atoms with E-state index in [0.717, 1.165) is 5.02 Å². The van der Waals surface area contributed by atoms with Crippen LogP contribution in [0.25, 0.3) is 0 Å². The topological polar surface area (TPSA) is 12.0 Å². The molecule has 2 unspecified atom stereocenters. The van der Waals surface area contributed by atoms with Gasteiger partial charge in [0.05, 0.1) is 0 Å². The minimum Gasteiger partial charge on any atom is -0.382 e. The summed E-state index contributed by atoms with van der Waals surface area (Å²) in [5.74, 6) is 1.16. The van der Waals surface area contributed by atoms with Crippen molar-refractivity contribution in [2.24, 2.45) is 5.92 Å². The quantitative estimate of drug-likeness (QED) is 0.740. The summed E-state index contributed by atoms with van der Waals surface area (Å²) in [5, 5.41) is 4.39. The van der Waals surface area contributed by atoms with Crippen LogP contribution < -0.4 is 5.32 Å². The third kappa shape index (κ3) is 1.40. The minimum atomic E-state index is 0.491. The van der Waals surface area contributed by atoms with Gasteiger partial charge in [-0.2, -0.15) is 0 Å². The third-order valence-corrected chi connectivity index (χ3v) is 3.36. The SMILES string of the molecule is CC(C)C1c2c(Cl)cccc2NC1C. The Hall–Kier alpha value is -0.690. The minimum absolute atomic E-state index is 0.491. The van der Waals surface area contributed by atoms with Crippen LogP contribution in [0.1, 0.15) is 32.3 Å². The number of nitrogens with one attached hydrogen (secondary N) is 1. The third-order valence-electron chi connectivity index (χ3n) is 3.03. The Labute approximate surface area is 90.5 Å². The molecule has 0 radical (unpaired) electrons. The Bertz CT molecular complexity index is 346. The Balaban J connectivity index is 2.50. The summed E-state index contributed by atoms with van der Waals surface area (Å²) >= 11 is 6.23. The van der Waals surface area contributed by atoms with E-state index < -0.39 is 0 Å². The fourth-order valence-corrected chi connectivity index (χ4v) is 2.80. The summed E-state index contributed by atoms with van der Waals surface area (Å²) in [4.78, 5) is 0. The first-order valence-corrected chi connectivity index (χ1v) is 5.54. The highest BCUT2D eigenvalue weighted by atomic mass is 35.5. The number of hydrogen-bond donors (Lipinski definition) is 1. The second-order valence-corrected chi connectivity index (χ2v) is 4.81. The lowest BCUT2D eigenvalue weighted by Gasteiger charge is -2.20. The van der Waals surface area contributed by atoms with Crippen LogP contribution in [0.5, 0.6) is 0 Å². The maximum Gasteiger partial charge on any atom is 0.0462 e. The maximum atomic E-state index is 6.23. The highest BCUT2D eigenvalue weighted by Crippen LogP contribution is 2.43. The highest BCUT2D eigenvalue weighted by molar-refractivity contribution is 6.32. The normalized spacial score (nSPS) is 24.9. The van der Waals surface area contributed by atoms with Gasteiger partial charge in [-0.15, -0.1) is 0 Å². The Kier molecular flexibility index (Phi) is 2.44. The van der Waals surface area contributed by atoms with Crippen molar-refractivity contribution in [1.82, 2.24) is 0 Å². The standard InChI is InChI=1S/C12H16ClN/c1-7(2)11-8(3)14-10-6-4-5-9(13)12(10)11/h4-8,11,14H,1-3H3. The van der Waals surface area contributed by atoms with E-state index in [-0.39, 0.29) is 0 Å². The van der Waals surface area contributed by atoms with Crippen molar-refractivity contribution in [3.63, 3.8) is 0 Å². The molecule has 1 nitrogen and oxygen atoms in total. The molecular weight excluding hydrogens is 194 g/mol. The number of rotatable bonds is 1. The van der Waals surface area contributed by atoms with E-state index in [1.165, 1.54) is 11.3 Å². The molecule has 0 fully saturated rings. The second kappa shape index (κ2) is 3.47. The van der Waals surface area contributed by atoms with Crippen LogP contribution in [0.4, 0.5) is 5.69 Å². The van der Waals surface area contributed by atoms with E-state index >= 15 is 0 Å². The number of halogens is 1.